The van der Waals surface area contributed by atoms with E-state index >= 15 is 0 Å². The summed E-state index contributed by atoms with van der Waals surface area (Å²) < 4.78 is 37.5. The third-order valence-electron chi connectivity index (χ3n) is 2.10. The van der Waals surface area contributed by atoms with E-state index < -0.39 is 11.7 Å². The van der Waals surface area contributed by atoms with E-state index in [1.165, 1.54) is 6.07 Å². The molecule has 1 aromatic carbocycles. The first-order valence-electron chi connectivity index (χ1n) is 4.07. The summed E-state index contributed by atoms with van der Waals surface area (Å²) in [5.41, 5.74) is -0.465. The van der Waals surface area contributed by atoms with Crippen molar-refractivity contribution in [2.24, 2.45) is 0 Å². The van der Waals surface area contributed by atoms with Gasteiger partial charge >= 0.3 is 6.18 Å². The molecule has 0 saturated carbocycles. The maximum absolute atomic E-state index is 12.5. The molecule has 15 heavy (non-hydrogen) atoms. The van der Waals surface area contributed by atoms with Crippen molar-refractivity contribution in [2.75, 3.05) is 0 Å². The Morgan fingerprint density at radius 3 is 2.40 bits per heavy atom. The second kappa shape index (κ2) is 4.11. The second-order valence-electron chi connectivity index (χ2n) is 3.03. The zero-order chi connectivity index (χ0) is 11.6. The summed E-state index contributed by atoms with van der Waals surface area (Å²) in [6.45, 7) is 1.62. The quantitative estimate of drug-likeness (QED) is 0.680. The number of hydrogen-bond donors (Lipinski definition) is 0. The van der Waals surface area contributed by atoms with Gasteiger partial charge in [-0.25, -0.2) is 0 Å². The van der Waals surface area contributed by atoms with E-state index in [0.29, 0.717) is 5.56 Å². The van der Waals surface area contributed by atoms with Crippen LogP contribution in [-0.4, -0.2) is 0 Å². The molecule has 0 aliphatic heterocycles. The molecular formula is C10H7ClF3N. The lowest BCUT2D eigenvalue weighted by Crippen LogP contribution is -2.10. The van der Waals surface area contributed by atoms with Crippen LogP contribution in [0.2, 0.25) is 0 Å². The fourth-order valence-corrected chi connectivity index (χ4v) is 1.63. The van der Waals surface area contributed by atoms with E-state index in [1.807, 2.05) is 0 Å². The van der Waals surface area contributed by atoms with Crippen LogP contribution in [0.15, 0.2) is 12.1 Å². The fraction of sp³-hybridized carbons (Fsp3) is 0.300. The lowest BCUT2D eigenvalue weighted by Gasteiger charge is -2.12. The molecule has 0 aromatic heterocycles. The van der Waals surface area contributed by atoms with Crippen LogP contribution >= 0.6 is 11.6 Å². The molecule has 1 nitrogen and oxygen atoms in total. The molecule has 0 radical (unpaired) electrons. The Labute approximate surface area is 90.1 Å². The van der Waals surface area contributed by atoms with Crippen molar-refractivity contribution in [1.82, 2.24) is 0 Å². The highest BCUT2D eigenvalue weighted by Gasteiger charge is 2.34. The molecule has 0 heterocycles. The maximum Gasteiger partial charge on any atom is 0.417 e. The SMILES string of the molecule is Cc1ccc(C(F)(F)F)c(C#N)c1CCl. The van der Waals surface area contributed by atoms with Gasteiger partial charge in [0.25, 0.3) is 0 Å². The predicted octanol–water partition coefficient (Wildman–Crippen LogP) is 3.62. The van der Waals surface area contributed by atoms with Crippen LogP contribution in [-0.2, 0) is 12.1 Å². The van der Waals surface area contributed by atoms with Crippen molar-refractivity contribution in [1.29, 1.82) is 5.26 Å². The summed E-state index contributed by atoms with van der Waals surface area (Å²) in [6.07, 6.45) is -4.51. The minimum Gasteiger partial charge on any atom is -0.192 e. The smallest absolute Gasteiger partial charge is 0.192 e. The minimum absolute atomic E-state index is 0.0986. The van der Waals surface area contributed by atoms with Crippen molar-refractivity contribution in [3.05, 3.63) is 34.4 Å². The van der Waals surface area contributed by atoms with Crippen LogP contribution in [0.25, 0.3) is 0 Å². The van der Waals surface area contributed by atoms with E-state index in [9.17, 15) is 13.2 Å². The predicted molar refractivity (Wildman–Crippen MR) is 50.5 cm³/mol. The average Bonchev–Trinajstić information content (AvgIpc) is 2.15. The highest BCUT2D eigenvalue weighted by molar-refractivity contribution is 6.17. The number of alkyl halides is 4. The van der Waals surface area contributed by atoms with Crippen LogP contribution in [0.3, 0.4) is 0 Å². The fourth-order valence-electron chi connectivity index (χ4n) is 1.29. The molecule has 0 atom stereocenters. The summed E-state index contributed by atoms with van der Waals surface area (Å²) in [6, 6.07) is 3.79. The zero-order valence-electron chi connectivity index (χ0n) is 7.82. The molecule has 5 heteroatoms. The first-order valence-corrected chi connectivity index (χ1v) is 4.61. The number of aryl methyl sites for hydroxylation is 1. The van der Waals surface area contributed by atoms with Gasteiger partial charge < -0.3 is 0 Å². The molecule has 0 spiro atoms. The first-order chi connectivity index (χ1) is 6.91. The van der Waals surface area contributed by atoms with Crippen LogP contribution < -0.4 is 0 Å². The number of nitriles is 1. The van der Waals surface area contributed by atoms with E-state index in [-0.39, 0.29) is 17.0 Å². The van der Waals surface area contributed by atoms with Crippen LogP contribution in [0, 0.1) is 18.3 Å². The Balaban J connectivity index is 3.51. The van der Waals surface area contributed by atoms with E-state index in [0.717, 1.165) is 6.07 Å². The number of nitrogens with zero attached hydrogens (tertiary/aromatic N) is 1. The molecule has 0 saturated heterocycles. The lowest BCUT2D eigenvalue weighted by atomic mass is 9.98. The zero-order valence-corrected chi connectivity index (χ0v) is 8.58. The van der Waals surface area contributed by atoms with Crippen LogP contribution in [0.5, 0.6) is 0 Å². The molecule has 1 rings (SSSR count). The van der Waals surface area contributed by atoms with Crippen LogP contribution in [0.1, 0.15) is 22.3 Å². The van der Waals surface area contributed by atoms with Crippen molar-refractivity contribution in [2.45, 2.75) is 19.0 Å². The molecule has 80 valence electrons. The van der Waals surface area contributed by atoms with Crippen molar-refractivity contribution in [3.8, 4) is 6.07 Å². The van der Waals surface area contributed by atoms with Gasteiger partial charge in [0, 0.05) is 5.88 Å². The topological polar surface area (TPSA) is 23.8 Å². The Kier molecular flexibility index (Phi) is 3.25. The number of halogens is 4. The number of rotatable bonds is 1. The largest absolute Gasteiger partial charge is 0.417 e. The summed E-state index contributed by atoms with van der Waals surface area (Å²) in [5, 5.41) is 8.71. The summed E-state index contributed by atoms with van der Waals surface area (Å²) in [7, 11) is 0. The van der Waals surface area contributed by atoms with Gasteiger partial charge in [0.15, 0.2) is 0 Å². The Hall–Kier alpha value is -1.21. The summed E-state index contributed by atoms with van der Waals surface area (Å²) in [4.78, 5) is 0. The van der Waals surface area contributed by atoms with Crippen molar-refractivity contribution < 1.29 is 13.2 Å². The lowest BCUT2D eigenvalue weighted by molar-refractivity contribution is -0.137. The number of hydrogen-bond acceptors (Lipinski definition) is 1. The molecule has 1 aromatic rings. The van der Waals surface area contributed by atoms with Gasteiger partial charge in [0.05, 0.1) is 11.1 Å². The van der Waals surface area contributed by atoms with Gasteiger partial charge in [0.2, 0.25) is 0 Å². The maximum atomic E-state index is 12.5. The van der Waals surface area contributed by atoms with Gasteiger partial charge in [-0.3, -0.25) is 0 Å². The van der Waals surface area contributed by atoms with Gasteiger partial charge in [-0.2, -0.15) is 18.4 Å². The number of benzene rings is 1. The average molecular weight is 234 g/mol. The van der Waals surface area contributed by atoms with E-state index in [2.05, 4.69) is 0 Å². The summed E-state index contributed by atoms with van der Waals surface area (Å²) in [5.74, 6) is -0.0986. The minimum atomic E-state index is -4.51. The van der Waals surface area contributed by atoms with Gasteiger partial charge in [-0.15, -0.1) is 11.6 Å². The van der Waals surface area contributed by atoms with Gasteiger partial charge in [-0.05, 0) is 24.1 Å². The molecule has 0 fully saturated rings. The van der Waals surface area contributed by atoms with Crippen molar-refractivity contribution in [3.63, 3.8) is 0 Å². The van der Waals surface area contributed by atoms with Gasteiger partial charge in [0.1, 0.15) is 6.07 Å². The molecule has 0 bridgehead atoms. The molecule has 0 aliphatic rings. The third kappa shape index (κ3) is 2.24. The summed E-state index contributed by atoms with van der Waals surface area (Å²) >= 11 is 5.52. The molecule has 0 amide bonds. The van der Waals surface area contributed by atoms with Crippen LogP contribution in [0.4, 0.5) is 13.2 Å². The third-order valence-corrected chi connectivity index (χ3v) is 2.37. The van der Waals surface area contributed by atoms with Gasteiger partial charge in [-0.1, -0.05) is 6.07 Å². The Morgan fingerprint density at radius 2 is 2.00 bits per heavy atom. The molecular weight excluding hydrogens is 227 g/mol. The monoisotopic (exact) mass is 233 g/mol. The normalized spacial score (nSPS) is 11.2. The Bertz CT molecular complexity index is 418. The van der Waals surface area contributed by atoms with E-state index in [4.69, 9.17) is 16.9 Å². The van der Waals surface area contributed by atoms with E-state index in [1.54, 1.807) is 13.0 Å². The Morgan fingerprint density at radius 1 is 1.40 bits per heavy atom. The molecule has 0 aliphatic carbocycles. The second-order valence-corrected chi connectivity index (χ2v) is 3.29. The standard InChI is InChI=1S/C10H7ClF3N/c1-6-2-3-9(10(12,13)14)8(5-15)7(6)4-11/h2-3H,4H2,1H3. The highest BCUT2D eigenvalue weighted by Crippen LogP contribution is 2.34. The first kappa shape index (κ1) is 11.9. The van der Waals surface area contributed by atoms with Crippen molar-refractivity contribution >= 4 is 11.6 Å². The molecule has 0 unspecified atom stereocenters. The highest BCUT2D eigenvalue weighted by atomic mass is 35.5. The molecule has 0 N–H and O–H groups in total.